The van der Waals surface area contributed by atoms with Gasteiger partial charge in [0.05, 0.1) is 12.9 Å². The summed E-state index contributed by atoms with van der Waals surface area (Å²) < 4.78 is 27.3. The van der Waals surface area contributed by atoms with Crippen LogP contribution in [0.1, 0.15) is 33.6 Å². The number of rotatable bonds is 7. The predicted molar refractivity (Wildman–Crippen MR) is 108 cm³/mol. The summed E-state index contributed by atoms with van der Waals surface area (Å²) in [4.78, 5) is 25.5. The highest BCUT2D eigenvalue weighted by atomic mass is 32.2. The van der Waals surface area contributed by atoms with E-state index in [-0.39, 0.29) is 24.5 Å². The molecule has 1 aromatic heterocycles. The number of carbonyl (C=O) groups is 2. The monoisotopic (exact) mass is 409 g/mol. The maximum Gasteiger partial charge on any atom is 0.341 e. The zero-order valence-electron chi connectivity index (χ0n) is 15.8. The minimum absolute atomic E-state index is 0.0532. The lowest BCUT2D eigenvalue weighted by Crippen LogP contribution is -2.15. The van der Waals surface area contributed by atoms with Crippen molar-refractivity contribution >= 4 is 38.1 Å². The Balaban J connectivity index is 2.31. The fourth-order valence-corrected chi connectivity index (χ4v) is 4.43. The van der Waals surface area contributed by atoms with Crippen molar-refractivity contribution in [1.82, 2.24) is 0 Å². The van der Waals surface area contributed by atoms with Crippen LogP contribution >= 0.6 is 11.3 Å². The number of carbonyl (C=O) groups excluding carboxylic acids is 2. The molecule has 0 aliphatic carbocycles. The second-order valence-electron chi connectivity index (χ2n) is 6.38. The number of hydrogen-bond donors (Lipinski definition) is 1. The Hall–Kier alpha value is -2.19. The average Bonchev–Trinajstić information content (AvgIpc) is 2.89. The topological polar surface area (TPSA) is 89.5 Å². The van der Waals surface area contributed by atoms with Crippen molar-refractivity contribution in [2.24, 2.45) is 0 Å². The van der Waals surface area contributed by atoms with Gasteiger partial charge < -0.3 is 10.1 Å². The first-order valence-electron chi connectivity index (χ1n) is 8.38. The summed E-state index contributed by atoms with van der Waals surface area (Å²) in [7, 11) is -1.81. The molecule has 0 radical (unpaired) electrons. The lowest BCUT2D eigenvalue weighted by atomic mass is 10.0. The average molecular weight is 410 g/mol. The molecule has 0 saturated heterocycles. The van der Waals surface area contributed by atoms with Gasteiger partial charge in [-0.25, -0.2) is 13.2 Å². The Morgan fingerprint density at radius 3 is 2.33 bits per heavy atom. The first-order valence-corrected chi connectivity index (χ1v) is 11.3. The quantitative estimate of drug-likeness (QED) is 0.706. The van der Waals surface area contributed by atoms with Gasteiger partial charge in [-0.1, -0.05) is 29.8 Å². The summed E-state index contributed by atoms with van der Waals surface area (Å²) in [6, 6.07) is 7.76. The highest BCUT2D eigenvalue weighted by molar-refractivity contribution is 7.90. The number of anilines is 1. The van der Waals surface area contributed by atoms with Gasteiger partial charge in [-0.05, 0) is 25.8 Å². The van der Waals surface area contributed by atoms with Gasteiger partial charge in [-0.3, -0.25) is 4.79 Å². The maximum absolute atomic E-state index is 12.4. The van der Waals surface area contributed by atoms with Gasteiger partial charge in [0.2, 0.25) is 5.91 Å². The molecule has 0 spiro atoms. The molecule has 146 valence electrons. The normalized spacial score (nSPS) is 11.3. The molecule has 8 heteroatoms. The SMILES string of the molecule is COC(=O)c1c(NC(=O)CCCS(C)(=O)=O)sc(C)c1-c1ccc(C)cc1. The van der Waals surface area contributed by atoms with Crippen molar-refractivity contribution in [2.45, 2.75) is 26.7 Å². The Morgan fingerprint density at radius 2 is 1.78 bits per heavy atom. The number of thiophene rings is 1. The summed E-state index contributed by atoms with van der Waals surface area (Å²) in [5.41, 5.74) is 3.02. The molecule has 1 amide bonds. The van der Waals surface area contributed by atoms with Gasteiger partial charge in [-0.15, -0.1) is 11.3 Å². The number of amides is 1. The van der Waals surface area contributed by atoms with Gasteiger partial charge in [0.15, 0.2) is 0 Å². The molecule has 0 bridgehead atoms. The lowest BCUT2D eigenvalue weighted by Gasteiger charge is -2.08. The fraction of sp³-hybridized carbons (Fsp3) is 0.368. The summed E-state index contributed by atoms with van der Waals surface area (Å²) in [5, 5.41) is 3.15. The zero-order chi connectivity index (χ0) is 20.2. The summed E-state index contributed by atoms with van der Waals surface area (Å²) in [6.07, 6.45) is 1.43. The maximum atomic E-state index is 12.4. The van der Waals surface area contributed by atoms with Gasteiger partial charge in [0, 0.05) is 23.1 Å². The third-order valence-corrected chi connectivity index (χ3v) is 6.04. The van der Waals surface area contributed by atoms with E-state index in [0.29, 0.717) is 10.6 Å². The molecule has 2 rings (SSSR count). The van der Waals surface area contributed by atoms with Crippen LogP contribution in [-0.2, 0) is 19.4 Å². The molecule has 0 fully saturated rings. The van der Waals surface area contributed by atoms with Crippen LogP contribution in [0.25, 0.3) is 11.1 Å². The highest BCUT2D eigenvalue weighted by Crippen LogP contribution is 2.40. The molecule has 0 unspecified atom stereocenters. The van der Waals surface area contributed by atoms with Gasteiger partial charge in [-0.2, -0.15) is 0 Å². The number of benzene rings is 1. The van der Waals surface area contributed by atoms with Crippen molar-refractivity contribution in [3.8, 4) is 11.1 Å². The second kappa shape index (κ2) is 8.67. The Labute approximate surface area is 163 Å². The van der Waals surface area contributed by atoms with E-state index in [1.807, 2.05) is 38.1 Å². The molecule has 0 aliphatic rings. The van der Waals surface area contributed by atoms with E-state index in [2.05, 4.69) is 5.32 Å². The van der Waals surface area contributed by atoms with Crippen LogP contribution in [-0.4, -0.2) is 39.4 Å². The smallest absolute Gasteiger partial charge is 0.341 e. The molecular formula is C19H23NO5S2. The van der Waals surface area contributed by atoms with Gasteiger partial charge >= 0.3 is 5.97 Å². The van der Waals surface area contributed by atoms with E-state index < -0.39 is 15.8 Å². The van der Waals surface area contributed by atoms with E-state index in [4.69, 9.17) is 4.74 Å². The Kier molecular flexibility index (Phi) is 6.78. The summed E-state index contributed by atoms with van der Waals surface area (Å²) in [6.45, 7) is 3.86. The van der Waals surface area contributed by atoms with Crippen molar-refractivity contribution in [3.63, 3.8) is 0 Å². The third kappa shape index (κ3) is 5.64. The van der Waals surface area contributed by atoms with E-state index in [1.165, 1.54) is 18.4 Å². The minimum atomic E-state index is -3.11. The van der Waals surface area contributed by atoms with E-state index in [0.717, 1.165) is 27.8 Å². The predicted octanol–water partition coefficient (Wildman–Crippen LogP) is 3.58. The van der Waals surface area contributed by atoms with Crippen molar-refractivity contribution in [2.75, 3.05) is 24.4 Å². The molecule has 0 aliphatic heterocycles. The zero-order valence-corrected chi connectivity index (χ0v) is 17.4. The number of hydrogen-bond acceptors (Lipinski definition) is 6. The number of nitrogens with one attached hydrogen (secondary N) is 1. The van der Waals surface area contributed by atoms with E-state index in [1.54, 1.807) is 0 Å². The molecule has 1 heterocycles. The molecule has 0 atom stereocenters. The van der Waals surface area contributed by atoms with Crippen LogP contribution in [0.5, 0.6) is 0 Å². The molecule has 6 nitrogen and oxygen atoms in total. The fourth-order valence-electron chi connectivity index (χ4n) is 2.68. The van der Waals surface area contributed by atoms with Crippen molar-refractivity contribution < 1.29 is 22.7 Å². The molecule has 1 aromatic carbocycles. The first-order chi connectivity index (χ1) is 12.6. The molecule has 2 aromatic rings. The number of ether oxygens (including phenoxy) is 1. The lowest BCUT2D eigenvalue weighted by molar-refractivity contribution is -0.116. The van der Waals surface area contributed by atoms with Crippen molar-refractivity contribution in [1.29, 1.82) is 0 Å². The number of sulfone groups is 1. The van der Waals surface area contributed by atoms with Gasteiger partial charge in [0.1, 0.15) is 20.4 Å². The Bertz CT molecular complexity index is 943. The van der Waals surface area contributed by atoms with Crippen LogP contribution < -0.4 is 5.32 Å². The molecular weight excluding hydrogens is 386 g/mol. The number of aryl methyl sites for hydroxylation is 2. The third-order valence-electron chi connectivity index (χ3n) is 3.99. The van der Waals surface area contributed by atoms with Crippen LogP contribution in [0.3, 0.4) is 0 Å². The number of methoxy groups -OCH3 is 1. The minimum Gasteiger partial charge on any atom is -0.465 e. The highest BCUT2D eigenvalue weighted by Gasteiger charge is 2.25. The molecule has 27 heavy (non-hydrogen) atoms. The van der Waals surface area contributed by atoms with Crippen LogP contribution in [0, 0.1) is 13.8 Å². The largest absolute Gasteiger partial charge is 0.465 e. The van der Waals surface area contributed by atoms with Crippen LogP contribution in [0.4, 0.5) is 5.00 Å². The second-order valence-corrected chi connectivity index (χ2v) is 9.86. The van der Waals surface area contributed by atoms with Crippen LogP contribution in [0.2, 0.25) is 0 Å². The molecule has 1 N–H and O–H groups in total. The standard InChI is InChI=1S/C19H23NO5S2/c1-12-7-9-14(10-8-12)16-13(2)26-18(17(16)19(22)25-3)20-15(21)6-5-11-27(4,23)24/h7-10H,5-6,11H2,1-4H3,(H,20,21). The summed E-state index contributed by atoms with van der Waals surface area (Å²) in [5.74, 6) is -0.913. The Morgan fingerprint density at radius 1 is 1.15 bits per heavy atom. The van der Waals surface area contributed by atoms with Crippen LogP contribution in [0.15, 0.2) is 24.3 Å². The van der Waals surface area contributed by atoms with E-state index >= 15 is 0 Å². The number of esters is 1. The van der Waals surface area contributed by atoms with Crippen molar-refractivity contribution in [3.05, 3.63) is 40.3 Å². The van der Waals surface area contributed by atoms with E-state index in [9.17, 15) is 18.0 Å². The summed E-state index contributed by atoms with van der Waals surface area (Å²) >= 11 is 1.30. The first kappa shape index (κ1) is 21.1. The molecule has 0 saturated carbocycles. The van der Waals surface area contributed by atoms with Gasteiger partial charge in [0.25, 0.3) is 0 Å².